The summed E-state index contributed by atoms with van der Waals surface area (Å²) in [5.41, 5.74) is 2.58. The van der Waals surface area contributed by atoms with Gasteiger partial charge in [0.15, 0.2) is 5.78 Å². The molecule has 0 saturated carbocycles. The molecule has 2 aromatic carbocycles. The smallest absolute Gasteiger partial charge is 0.269 e. The number of fused-ring (bicyclic) bond motifs is 1. The largest absolute Gasteiger partial charge is 0.492 e. The van der Waals surface area contributed by atoms with E-state index in [2.05, 4.69) is 0 Å². The molecule has 5 nitrogen and oxygen atoms in total. The molecule has 3 rings (SSSR count). The molecule has 0 aliphatic carbocycles. The van der Waals surface area contributed by atoms with Crippen molar-refractivity contribution in [1.29, 1.82) is 0 Å². The molecule has 0 N–H and O–H groups in total. The van der Waals surface area contributed by atoms with E-state index in [0.717, 1.165) is 10.5 Å². The van der Waals surface area contributed by atoms with Crippen molar-refractivity contribution in [2.45, 2.75) is 27.2 Å². The summed E-state index contributed by atoms with van der Waals surface area (Å²) in [6.45, 7) is 5.33. The van der Waals surface area contributed by atoms with Crippen LogP contribution in [0.4, 0.5) is 5.69 Å². The van der Waals surface area contributed by atoms with Gasteiger partial charge in [0.1, 0.15) is 5.76 Å². The second kappa shape index (κ2) is 7.58. The van der Waals surface area contributed by atoms with Gasteiger partial charge in [0.25, 0.3) is 5.91 Å². The number of ketones is 1. The first-order chi connectivity index (χ1) is 13.0. The van der Waals surface area contributed by atoms with E-state index in [-0.39, 0.29) is 11.7 Å². The van der Waals surface area contributed by atoms with E-state index < -0.39 is 5.91 Å². The number of nitrogens with zero attached hydrogens (tertiary/aromatic N) is 1. The fourth-order valence-corrected chi connectivity index (χ4v) is 3.21. The standard InChI is InChI=1S/C22H21NO4/c1-4-19(25)16-11-12-18-17(13-16)20(22(26)23(18)14(3)24)21(27-5-2)15-9-7-6-8-10-15/h6-13H,4-5H2,1-3H3/b21-20+. The number of hydrogen-bond donors (Lipinski definition) is 0. The van der Waals surface area contributed by atoms with E-state index in [1.807, 2.05) is 37.3 Å². The van der Waals surface area contributed by atoms with Crippen LogP contribution >= 0.6 is 0 Å². The SMILES string of the molecule is CCO/C(=C1/C(=O)N(C(C)=O)c2ccc(C(=O)CC)cc21)c1ccccc1. The first kappa shape index (κ1) is 18.6. The monoisotopic (exact) mass is 363 g/mol. The van der Waals surface area contributed by atoms with Gasteiger partial charge in [-0.15, -0.1) is 0 Å². The quantitative estimate of drug-likeness (QED) is 0.456. The van der Waals surface area contributed by atoms with Gasteiger partial charge in [-0.1, -0.05) is 37.3 Å². The maximum absolute atomic E-state index is 13.1. The lowest BCUT2D eigenvalue weighted by atomic mass is 9.98. The number of benzene rings is 2. The molecule has 1 aliphatic heterocycles. The van der Waals surface area contributed by atoms with Crippen LogP contribution in [0.1, 0.15) is 48.7 Å². The third-order valence-electron chi connectivity index (χ3n) is 4.43. The molecular formula is C22H21NO4. The molecule has 0 fully saturated rings. The van der Waals surface area contributed by atoms with Crippen LogP contribution < -0.4 is 4.90 Å². The highest BCUT2D eigenvalue weighted by atomic mass is 16.5. The van der Waals surface area contributed by atoms with Gasteiger partial charge in [-0.3, -0.25) is 14.4 Å². The molecule has 0 bridgehead atoms. The minimum atomic E-state index is -0.439. The van der Waals surface area contributed by atoms with Crippen molar-refractivity contribution in [3.05, 3.63) is 65.2 Å². The van der Waals surface area contributed by atoms with E-state index in [9.17, 15) is 14.4 Å². The molecule has 0 saturated heterocycles. The zero-order valence-electron chi connectivity index (χ0n) is 15.6. The van der Waals surface area contributed by atoms with Crippen molar-refractivity contribution in [3.63, 3.8) is 0 Å². The Morgan fingerprint density at radius 2 is 1.70 bits per heavy atom. The van der Waals surface area contributed by atoms with Gasteiger partial charge in [0.05, 0.1) is 17.9 Å². The number of hydrogen-bond acceptors (Lipinski definition) is 4. The molecule has 1 aliphatic rings. The average molecular weight is 363 g/mol. The summed E-state index contributed by atoms with van der Waals surface area (Å²) in [5.74, 6) is -0.432. The topological polar surface area (TPSA) is 63.7 Å². The summed E-state index contributed by atoms with van der Waals surface area (Å²) in [7, 11) is 0. The molecular weight excluding hydrogens is 342 g/mol. The first-order valence-electron chi connectivity index (χ1n) is 8.94. The average Bonchev–Trinajstić information content (AvgIpc) is 2.97. The van der Waals surface area contributed by atoms with Crippen molar-refractivity contribution in [2.75, 3.05) is 11.5 Å². The Labute approximate surface area is 158 Å². The highest BCUT2D eigenvalue weighted by Crippen LogP contribution is 2.42. The Kier molecular flexibility index (Phi) is 5.21. The Bertz CT molecular complexity index is 944. The van der Waals surface area contributed by atoms with Crippen LogP contribution in [0.25, 0.3) is 11.3 Å². The molecule has 0 radical (unpaired) electrons. The van der Waals surface area contributed by atoms with Gasteiger partial charge >= 0.3 is 0 Å². The number of imide groups is 1. The fourth-order valence-electron chi connectivity index (χ4n) is 3.21. The Morgan fingerprint density at radius 3 is 2.30 bits per heavy atom. The lowest BCUT2D eigenvalue weighted by Crippen LogP contribution is -2.31. The molecule has 0 aromatic heterocycles. The van der Waals surface area contributed by atoms with Crippen molar-refractivity contribution < 1.29 is 19.1 Å². The molecule has 1 heterocycles. The number of Topliss-reactive ketones (excluding diaryl/α,β-unsaturated/α-hetero) is 1. The van der Waals surface area contributed by atoms with Gasteiger partial charge in [0.2, 0.25) is 5.91 Å². The van der Waals surface area contributed by atoms with Gasteiger partial charge < -0.3 is 4.74 Å². The van der Waals surface area contributed by atoms with E-state index in [0.29, 0.717) is 41.2 Å². The number of carbonyl (C=O) groups excluding carboxylic acids is 3. The van der Waals surface area contributed by atoms with Crippen LogP contribution in [0, 0.1) is 0 Å². The second-order valence-electron chi connectivity index (χ2n) is 6.17. The third kappa shape index (κ3) is 3.28. The number of ether oxygens (including phenoxy) is 1. The minimum absolute atomic E-state index is 0.0245. The number of anilines is 1. The normalized spacial score (nSPS) is 14.8. The minimum Gasteiger partial charge on any atom is -0.492 e. The molecule has 0 atom stereocenters. The molecule has 5 heteroatoms. The molecule has 2 amide bonds. The Morgan fingerprint density at radius 1 is 1.00 bits per heavy atom. The van der Waals surface area contributed by atoms with E-state index in [1.54, 1.807) is 25.1 Å². The van der Waals surface area contributed by atoms with Gasteiger partial charge in [-0.05, 0) is 25.1 Å². The summed E-state index contributed by atoms with van der Waals surface area (Å²) < 4.78 is 5.83. The number of amides is 2. The summed E-state index contributed by atoms with van der Waals surface area (Å²) >= 11 is 0. The molecule has 2 aromatic rings. The lowest BCUT2D eigenvalue weighted by Gasteiger charge is -2.13. The van der Waals surface area contributed by atoms with Gasteiger partial charge in [0, 0.05) is 30.0 Å². The lowest BCUT2D eigenvalue weighted by molar-refractivity contribution is -0.122. The molecule has 0 unspecified atom stereocenters. The van der Waals surface area contributed by atoms with E-state index in [1.165, 1.54) is 6.92 Å². The second-order valence-corrected chi connectivity index (χ2v) is 6.17. The molecule has 0 spiro atoms. The summed E-state index contributed by atoms with van der Waals surface area (Å²) in [6, 6.07) is 14.3. The third-order valence-corrected chi connectivity index (χ3v) is 4.43. The van der Waals surface area contributed by atoms with E-state index >= 15 is 0 Å². The van der Waals surface area contributed by atoms with Crippen molar-refractivity contribution in [3.8, 4) is 0 Å². The van der Waals surface area contributed by atoms with Crippen molar-refractivity contribution in [1.82, 2.24) is 0 Å². The maximum atomic E-state index is 13.1. The highest BCUT2D eigenvalue weighted by molar-refractivity contribution is 6.43. The van der Waals surface area contributed by atoms with Crippen LogP contribution in [0.15, 0.2) is 48.5 Å². The zero-order valence-corrected chi connectivity index (χ0v) is 15.6. The van der Waals surface area contributed by atoms with Crippen LogP contribution in [0.3, 0.4) is 0 Å². The van der Waals surface area contributed by atoms with Crippen molar-refractivity contribution in [2.24, 2.45) is 0 Å². The molecule has 138 valence electrons. The first-order valence-corrected chi connectivity index (χ1v) is 8.94. The maximum Gasteiger partial charge on any atom is 0.269 e. The highest BCUT2D eigenvalue weighted by Gasteiger charge is 2.38. The van der Waals surface area contributed by atoms with Crippen LogP contribution in [-0.2, 0) is 14.3 Å². The summed E-state index contributed by atoms with van der Waals surface area (Å²) in [6.07, 6.45) is 0.360. The van der Waals surface area contributed by atoms with E-state index in [4.69, 9.17) is 4.74 Å². The number of carbonyl (C=O) groups is 3. The van der Waals surface area contributed by atoms with Crippen LogP contribution in [0.5, 0.6) is 0 Å². The molecule has 27 heavy (non-hydrogen) atoms. The Hall–Kier alpha value is -3.21. The van der Waals surface area contributed by atoms with Crippen LogP contribution in [-0.4, -0.2) is 24.2 Å². The fraction of sp³-hybridized carbons (Fsp3) is 0.227. The summed E-state index contributed by atoms with van der Waals surface area (Å²) in [5, 5.41) is 0. The van der Waals surface area contributed by atoms with Crippen LogP contribution in [0.2, 0.25) is 0 Å². The van der Waals surface area contributed by atoms with Crippen molar-refractivity contribution >= 4 is 34.6 Å². The Balaban J connectivity index is 2.31. The predicted octanol–water partition coefficient (Wildman–Crippen LogP) is 4.08. The number of rotatable bonds is 5. The van der Waals surface area contributed by atoms with Gasteiger partial charge in [-0.25, -0.2) is 4.90 Å². The zero-order chi connectivity index (χ0) is 19.6. The summed E-state index contributed by atoms with van der Waals surface area (Å²) in [4.78, 5) is 38.6. The predicted molar refractivity (Wildman–Crippen MR) is 104 cm³/mol. The van der Waals surface area contributed by atoms with Gasteiger partial charge in [-0.2, -0.15) is 0 Å².